The zero-order valence-electron chi connectivity index (χ0n) is 17.9. The lowest BCUT2D eigenvalue weighted by Crippen LogP contribution is -2.46. The monoisotopic (exact) mass is 480 g/mol. The Morgan fingerprint density at radius 3 is 2.55 bits per heavy atom. The third-order valence-corrected chi connectivity index (χ3v) is 7.30. The van der Waals surface area contributed by atoms with Crippen molar-refractivity contribution in [2.45, 2.75) is 48.8 Å². The number of aryl methyl sites for hydroxylation is 1. The van der Waals surface area contributed by atoms with E-state index >= 15 is 0 Å². The second-order valence-electron chi connectivity index (χ2n) is 8.47. The van der Waals surface area contributed by atoms with Gasteiger partial charge in [0.15, 0.2) is 9.84 Å². The summed E-state index contributed by atoms with van der Waals surface area (Å²) in [7, 11) is -3.49. The summed E-state index contributed by atoms with van der Waals surface area (Å²) in [5.41, 5.74) is 0.695. The molecule has 33 heavy (non-hydrogen) atoms. The number of carbonyl (C=O) groups is 2. The van der Waals surface area contributed by atoms with E-state index in [0.717, 1.165) is 18.4 Å². The highest BCUT2D eigenvalue weighted by molar-refractivity contribution is 7.90. The number of hydrogen-bond acceptors (Lipinski definition) is 4. The van der Waals surface area contributed by atoms with Gasteiger partial charge in [0.2, 0.25) is 5.91 Å². The van der Waals surface area contributed by atoms with Crippen molar-refractivity contribution in [3.63, 3.8) is 0 Å². The van der Waals surface area contributed by atoms with Gasteiger partial charge in [-0.2, -0.15) is 13.2 Å². The number of nitrogens with zero attached hydrogens (tertiary/aromatic N) is 1. The average Bonchev–Trinajstić information content (AvgIpc) is 3.39. The Morgan fingerprint density at radius 1 is 1.09 bits per heavy atom. The third-order valence-electron chi connectivity index (χ3n) is 6.19. The number of carbonyl (C=O) groups excluding carboxylic acids is 2. The van der Waals surface area contributed by atoms with Crippen LogP contribution in [0.5, 0.6) is 0 Å². The molecule has 0 aromatic heterocycles. The second-order valence-corrected chi connectivity index (χ2v) is 10.5. The average molecular weight is 481 g/mol. The van der Waals surface area contributed by atoms with Gasteiger partial charge in [-0.3, -0.25) is 9.59 Å². The van der Waals surface area contributed by atoms with Crippen LogP contribution < -0.4 is 5.32 Å². The van der Waals surface area contributed by atoms with Gasteiger partial charge in [-0.25, -0.2) is 8.42 Å². The van der Waals surface area contributed by atoms with Gasteiger partial charge in [-0.05, 0) is 67.1 Å². The largest absolute Gasteiger partial charge is 0.416 e. The molecule has 6 nitrogen and oxygen atoms in total. The van der Waals surface area contributed by atoms with Gasteiger partial charge < -0.3 is 10.2 Å². The second kappa shape index (κ2) is 8.48. The molecule has 2 atom stereocenters. The van der Waals surface area contributed by atoms with Crippen molar-refractivity contribution in [1.82, 2.24) is 10.2 Å². The lowest BCUT2D eigenvalue weighted by molar-refractivity contribution is -0.137. The van der Waals surface area contributed by atoms with Crippen molar-refractivity contribution in [3.8, 4) is 0 Å². The fourth-order valence-corrected chi connectivity index (χ4v) is 5.19. The summed E-state index contributed by atoms with van der Waals surface area (Å²) in [6.07, 6.45) is -1.38. The minimum Gasteiger partial charge on any atom is -0.347 e. The molecular formula is C23H23F3N2O4S. The number of likely N-dealkylation sites (tertiary alicyclic amines) is 1. The quantitative estimate of drug-likeness (QED) is 0.726. The SMILES string of the molecule is CS(=O)(=O)c1cccc(C(=O)N2CCC[C@@H]2C(=O)N[C@@H]2CCc3cc(C(F)(F)F)ccc32)c1. The molecule has 2 amide bonds. The van der Waals surface area contributed by atoms with Crippen LogP contribution >= 0.6 is 0 Å². The van der Waals surface area contributed by atoms with E-state index in [9.17, 15) is 31.2 Å². The normalized spacial score (nSPS) is 20.5. The summed E-state index contributed by atoms with van der Waals surface area (Å²) in [6.45, 7) is 0.357. The van der Waals surface area contributed by atoms with E-state index in [1.807, 2.05) is 0 Å². The fourth-order valence-electron chi connectivity index (χ4n) is 4.52. The fraction of sp³-hybridized carbons (Fsp3) is 0.391. The predicted octanol–water partition coefficient (Wildman–Crippen LogP) is 3.52. The van der Waals surface area contributed by atoms with Crippen LogP contribution in [-0.2, 0) is 27.2 Å². The van der Waals surface area contributed by atoms with E-state index in [4.69, 9.17) is 0 Å². The summed E-state index contributed by atoms with van der Waals surface area (Å²) in [6, 6.07) is 8.11. The number of fused-ring (bicyclic) bond motifs is 1. The number of nitrogens with one attached hydrogen (secondary N) is 1. The first kappa shape index (κ1) is 23.3. The Bertz CT molecular complexity index is 1210. The molecule has 1 aliphatic heterocycles. The molecule has 0 radical (unpaired) electrons. The van der Waals surface area contributed by atoms with Gasteiger partial charge in [0.25, 0.3) is 5.91 Å². The van der Waals surface area contributed by atoms with Gasteiger partial charge >= 0.3 is 6.18 Å². The molecule has 4 rings (SSSR count). The first-order chi connectivity index (χ1) is 15.4. The van der Waals surface area contributed by atoms with E-state index in [-0.39, 0.29) is 16.4 Å². The van der Waals surface area contributed by atoms with Gasteiger partial charge in [0.05, 0.1) is 16.5 Å². The molecule has 1 fully saturated rings. The summed E-state index contributed by atoms with van der Waals surface area (Å²) < 4.78 is 62.6. The Hall–Kier alpha value is -2.88. The van der Waals surface area contributed by atoms with Crippen molar-refractivity contribution < 1.29 is 31.2 Å². The highest BCUT2D eigenvalue weighted by atomic mass is 32.2. The maximum Gasteiger partial charge on any atom is 0.416 e. The van der Waals surface area contributed by atoms with Crippen LogP contribution in [-0.4, -0.2) is 44.0 Å². The minimum atomic E-state index is -4.42. The van der Waals surface area contributed by atoms with Crippen LogP contribution in [0.1, 0.15) is 52.4 Å². The number of hydrogen-bond donors (Lipinski definition) is 1. The number of amides is 2. The Balaban J connectivity index is 1.49. The van der Waals surface area contributed by atoms with E-state index in [2.05, 4.69) is 5.32 Å². The molecule has 2 aliphatic rings. The van der Waals surface area contributed by atoms with Crippen molar-refractivity contribution in [1.29, 1.82) is 0 Å². The van der Waals surface area contributed by atoms with Crippen molar-refractivity contribution in [3.05, 3.63) is 64.7 Å². The van der Waals surface area contributed by atoms with E-state index in [1.165, 1.54) is 35.2 Å². The predicted molar refractivity (Wildman–Crippen MR) is 114 cm³/mol. The minimum absolute atomic E-state index is 0.0225. The lowest BCUT2D eigenvalue weighted by Gasteiger charge is -2.26. The zero-order chi connectivity index (χ0) is 24.0. The number of sulfone groups is 1. The molecule has 1 aliphatic carbocycles. The molecule has 0 unspecified atom stereocenters. The molecular weight excluding hydrogens is 457 g/mol. The first-order valence-corrected chi connectivity index (χ1v) is 12.5. The highest BCUT2D eigenvalue weighted by Crippen LogP contribution is 2.37. The van der Waals surface area contributed by atoms with Crippen LogP contribution in [0.25, 0.3) is 0 Å². The number of rotatable bonds is 4. The smallest absolute Gasteiger partial charge is 0.347 e. The molecule has 2 aromatic carbocycles. The maximum atomic E-state index is 13.1. The van der Waals surface area contributed by atoms with Crippen LogP contribution in [0.15, 0.2) is 47.4 Å². The Labute approximate surface area is 189 Å². The summed E-state index contributed by atoms with van der Waals surface area (Å²) in [4.78, 5) is 27.5. The molecule has 0 spiro atoms. The molecule has 1 N–H and O–H groups in total. The number of benzene rings is 2. The lowest BCUT2D eigenvalue weighted by atomic mass is 10.0. The maximum absolute atomic E-state index is 13.1. The Morgan fingerprint density at radius 2 is 1.85 bits per heavy atom. The molecule has 10 heteroatoms. The van der Waals surface area contributed by atoms with Gasteiger partial charge in [-0.1, -0.05) is 12.1 Å². The number of halogens is 3. The van der Waals surface area contributed by atoms with Crippen LogP contribution in [0.3, 0.4) is 0 Å². The third kappa shape index (κ3) is 4.75. The van der Waals surface area contributed by atoms with Crippen molar-refractivity contribution in [2.75, 3.05) is 12.8 Å². The molecule has 0 saturated carbocycles. The summed E-state index contributed by atoms with van der Waals surface area (Å²) in [5, 5.41) is 2.90. The van der Waals surface area contributed by atoms with Gasteiger partial charge in [-0.15, -0.1) is 0 Å². The van der Waals surface area contributed by atoms with E-state index in [1.54, 1.807) is 0 Å². The molecule has 0 bridgehead atoms. The molecule has 2 aromatic rings. The first-order valence-electron chi connectivity index (χ1n) is 10.6. The summed E-state index contributed by atoms with van der Waals surface area (Å²) in [5.74, 6) is -0.794. The van der Waals surface area contributed by atoms with Crippen molar-refractivity contribution in [2.24, 2.45) is 0 Å². The molecule has 1 saturated heterocycles. The highest BCUT2D eigenvalue weighted by Gasteiger charge is 2.37. The topological polar surface area (TPSA) is 83.6 Å². The van der Waals surface area contributed by atoms with Crippen LogP contribution in [0.4, 0.5) is 13.2 Å². The summed E-state index contributed by atoms with van der Waals surface area (Å²) >= 11 is 0. The van der Waals surface area contributed by atoms with Gasteiger partial charge in [0.1, 0.15) is 6.04 Å². The standard InChI is InChI=1S/C23H23F3N2O4S/c1-33(31,32)17-5-2-4-15(13-17)22(30)28-11-3-6-20(28)21(29)27-19-10-7-14-12-16(23(24,25)26)8-9-18(14)19/h2,4-5,8-9,12-13,19-20H,3,6-7,10-11H2,1H3,(H,27,29)/t19-,20-/m1/s1. The van der Waals surface area contributed by atoms with Crippen molar-refractivity contribution >= 4 is 21.7 Å². The van der Waals surface area contributed by atoms with Crippen LogP contribution in [0.2, 0.25) is 0 Å². The molecule has 1 heterocycles. The molecule has 176 valence electrons. The Kier molecular flexibility index (Phi) is 5.98. The van der Waals surface area contributed by atoms with Crippen LogP contribution in [0, 0.1) is 0 Å². The number of alkyl halides is 3. The van der Waals surface area contributed by atoms with Gasteiger partial charge in [0, 0.05) is 18.4 Å². The zero-order valence-corrected chi connectivity index (χ0v) is 18.7. The van der Waals surface area contributed by atoms with E-state index < -0.39 is 39.6 Å². The van der Waals surface area contributed by atoms with E-state index in [0.29, 0.717) is 43.4 Å².